The second-order valence-corrected chi connectivity index (χ2v) is 9.08. The first-order valence-electron chi connectivity index (χ1n) is 9.72. The fourth-order valence-corrected chi connectivity index (χ4v) is 4.79. The number of benzene rings is 2. The van der Waals surface area contributed by atoms with Gasteiger partial charge in [0.15, 0.2) is 0 Å². The number of anilines is 2. The van der Waals surface area contributed by atoms with Crippen molar-refractivity contribution >= 4 is 33.3 Å². The number of carboxylic acid groups (broad SMARTS) is 1. The minimum absolute atomic E-state index is 0.0724. The van der Waals surface area contributed by atoms with Crippen LogP contribution in [-0.2, 0) is 21.2 Å². The number of nitrogens with zero attached hydrogens (tertiary/aromatic N) is 1. The molecular formula is C22H21N3O5S. The van der Waals surface area contributed by atoms with Crippen LogP contribution in [-0.4, -0.2) is 30.0 Å². The molecule has 0 aliphatic carbocycles. The number of carbonyl (C=O) groups excluding carboxylic acids is 1. The largest absolute Gasteiger partial charge is 0.477 e. The number of amides is 1. The Labute approximate surface area is 179 Å². The maximum absolute atomic E-state index is 12.9. The van der Waals surface area contributed by atoms with Gasteiger partial charge in [-0.2, -0.15) is 0 Å². The predicted molar refractivity (Wildman–Crippen MR) is 116 cm³/mol. The molecule has 0 saturated carbocycles. The van der Waals surface area contributed by atoms with E-state index < -0.39 is 16.0 Å². The number of sulfonamides is 1. The summed E-state index contributed by atoms with van der Waals surface area (Å²) in [5.41, 5.74) is 3.27. The van der Waals surface area contributed by atoms with E-state index in [0.717, 1.165) is 5.56 Å². The molecule has 2 aromatic carbocycles. The molecule has 0 atom stereocenters. The number of hydrogen-bond donors (Lipinski definition) is 3. The number of rotatable bonds is 5. The number of nitrogens with one attached hydrogen (secondary N) is 2. The number of aromatic nitrogens is 1. The van der Waals surface area contributed by atoms with Gasteiger partial charge in [0, 0.05) is 29.7 Å². The quantitative estimate of drug-likeness (QED) is 0.562. The predicted octanol–water partition coefficient (Wildman–Crippen LogP) is 3.56. The van der Waals surface area contributed by atoms with E-state index in [4.69, 9.17) is 0 Å². The van der Waals surface area contributed by atoms with Crippen LogP contribution in [0.2, 0.25) is 0 Å². The van der Waals surface area contributed by atoms with E-state index in [-0.39, 0.29) is 16.5 Å². The number of fused-ring (bicyclic) bond motifs is 1. The van der Waals surface area contributed by atoms with Gasteiger partial charge in [-0.05, 0) is 79.4 Å². The Kier molecular flexibility index (Phi) is 5.28. The second kappa shape index (κ2) is 7.92. The van der Waals surface area contributed by atoms with Crippen molar-refractivity contribution in [2.45, 2.75) is 31.1 Å². The summed E-state index contributed by atoms with van der Waals surface area (Å²) in [7, 11) is -3.84. The molecule has 0 radical (unpaired) electrons. The fraction of sp³-hybridized carbons (Fsp3) is 0.182. The van der Waals surface area contributed by atoms with E-state index >= 15 is 0 Å². The molecule has 0 spiro atoms. The molecule has 4 rings (SSSR count). The Morgan fingerprint density at radius 1 is 1.13 bits per heavy atom. The minimum Gasteiger partial charge on any atom is -0.477 e. The lowest BCUT2D eigenvalue weighted by atomic mass is 10.1. The fourth-order valence-electron chi connectivity index (χ4n) is 3.69. The van der Waals surface area contributed by atoms with Crippen molar-refractivity contribution in [2.75, 3.05) is 10.0 Å². The molecule has 1 aromatic heterocycles. The first kappa shape index (κ1) is 20.7. The summed E-state index contributed by atoms with van der Waals surface area (Å²) in [6.45, 7) is 1.78. The number of carbonyl (C=O) groups is 2. The lowest BCUT2D eigenvalue weighted by Gasteiger charge is -2.14. The Morgan fingerprint density at radius 2 is 1.94 bits per heavy atom. The third-order valence-corrected chi connectivity index (χ3v) is 6.57. The number of carboxylic acids is 1. The molecule has 3 N–H and O–H groups in total. The van der Waals surface area contributed by atoms with Gasteiger partial charge in [-0.3, -0.25) is 9.52 Å². The zero-order valence-corrected chi connectivity index (χ0v) is 17.6. The number of aromatic carboxylic acids is 1. The summed E-state index contributed by atoms with van der Waals surface area (Å²) in [5, 5.41) is 12.1. The molecule has 8 nitrogen and oxygen atoms in total. The van der Waals surface area contributed by atoms with E-state index in [1.807, 2.05) is 0 Å². The normalized spacial score (nSPS) is 13.8. The average molecular weight is 439 g/mol. The highest BCUT2D eigenvalue weighted by Crippen LogP contribution is 2.27. The second-order valence-electron chi connectivity index (χ2n) is 7.40. The summed E-state index contributed by atoms with van der Waals surface area (Å²) in [6, 6.07) is 12.7. The monoisotopic (exact) mass is 439 g/mol. The summed E-state index contributed by atoms with van der Waals surface area (Å²) in [5.74, 6) is -1.12. The van der Waals surface area contributed by atoms with Gasteiger partial charge in [-0.15, -0.1) is 0 Å². The zero-order chi connectivity index (χ0) is 22.2. The lowest BCUT2D eigenvalue weighted by Crippen LogP contribution is -2.14. The summed E-state index contributed by atoms with van der Waals surface area (Å²) < 4.78 is 30.0. The average Bonchev–Trinajstić information content (AvgIpc) is 3.10. The minimum atomic E-state index is -3.84. The van der Waals surface area contributed by atoms with Crippen molar-refractivity contribution < 1.29 is 23.1 Å². The molecule has 0 unspecified atom stereocenters. The zero-order valence-electron chi connectivity index (χ0n) is 16.8. The third kappa shape index (κ3) is 4.17. The molecule has 3 aromatic rings. The highest BCUT2D eigenvalue weighted by Gasteiger charge is 2.20. The van der Waals surface area contributed by atoms with Crippen molar-refractivity contribution in [2.24, 2.45) is 0 Å². The SMILES string of the molecule is Cc1cc(NS(=O)(=O)c2ccc3c(c2)CCCC(=O)N3)ccc1-n1cccc1C(=O)O. The van der Waals surface area contributed by atoms with E-state index in [1.54, 1.807) is 49.5 Å². The van der Waals surface area contributed by atoms with E-state index in [2.05, 4.69) is 10.0 Å². The highest BCUT2D eigenvalue weighted by atomic mass is 32.2. The van der Waals surface area contributed by atoms with Gasteiger partial charge in [0.25, 0.3) is 10.0 Å². The van der Waals surface area contributed by atoms with Gasteiger partial charge in [-0.1, -0.05) is 0 Å². The maximum Gasteiger partial charge on any atom is 0.352 e. The van der Waals surface area contributed by atoms with Crippen molar-refractivity contribution in [1.29, 1.82) is 0 Å². The Balaban J connectivity index is 1.61. The van der Waals surface area contributed by atoms with Gasteiger partial charge in [0.2, 0.25) is 5.91 Å². The first-order valence-corrected chi connectivity index (χ1v) is 11.2. The number of aryl methyl sites for hydroxylation is 2. The van der Waals surface area contributed by atoms with Gasteiger partial charge < -0.3 is 15.0 Å². The van der Waals surface area contributed by atoms with Crippen molar-refractivity contribution in [3.8, 4) is 5.69 Å². The number of hydrogen-bond acceptors (Lipinski definition) is 4. The molecule has 1 amide bonds. The van der Waals surface area contributed by atoms with Crippen LogP contribution >= 0.6 is 0 Å². The molecule has 0 fully saturated rings. The molecule has 0 bridgehead atoms. The van der Waals surface area contributed by atoms with Crippen molar-refractivity contribution in [1.82, 2.24) is 4.57 Å². The van der Waals surface area contributed by atoms with Gasteiger partial charge in [0.05, 0.1) is 4.90 Å². The van der Waals surface area contributed by atoms with Crippen LogP contribution < -0.4 is 10.0 Å². The van der Waals surface area contributed by atoms with Crippen LogP contribution in [0.4, 0.5) is 11.4 Å². The van der Waals surface area contributed by atoms with E-state index in [1.165, 1.54) is 16.7 Å². The molecule has 160 valence electrons. The standard InChI is InChI=1S/C22H21N3O5S/c1-14-12-16(7-10-19(14)25-11-3-5-20(25)22(27)28)24-31(29,30)17-8-9-18-15(13-17)4-2-6-21(26)23-18/h3,5,7-13,24H,2,4,6H2,1H3,(H,23,26)(H,27,28). The molecular weight excluding hydrogens is 418 g/mol. The van der Waals surface area contributed by atoms with Gasteiger partial charge >= 0.3 is 5.97 Å². The smallest absolute Gasteiger partial charge is 0.352 e. The Hall–Kier alpha value is -3.59. The molecule has 1 aliphatic heterocycles. The summed E-state index contributed by atoms with van der Waals surface area (Å²) >= 11 is 0. The van der Waals surface area contributed by atoms with Gasteiger partial charge in [-0.25, -0.2) is 13.2 Å². The van der Waals surface area contributed by atoms with Crippen LogP contribution in [0, 0.1) is 6.92 Å². The highest BCUT2D eigenvalue weighted by molar-refractivity contribution is 7.92. The van der Waals surface area contributed by atoms with Gasteiger partial charge in [0.1, 0.15) is 5.69 Å². The molecule has 2 heterocycles. The van der Waals surface area contributed by atoms with Crippen LogP contribution in [0.5, 0.6) is 0 Å². The lowest BCUT2D eigenvalue weighted by molar-refractivity contribution is -0.116. The molecule has 1 aliphatic rings. The third-order valence-electron chi connectivity index (χ3n) is 5.19. The van der Waals surface area contributed by atoms with Crippen LogP contribution in [0.25, 0.3) is 5.69 Å². The van der Waals surface area contributed by atoms with Crippen LogP contribution in [0.3, 0.4) is 0 Å². The summed E-state index contributed by atoms with van der Waals surface area (Å²) in [4.78, 5) is 23.2. The van der Waals surface area contributed by atoms with Crippen LogP contribution in [0.1, 0.15) is 34.5 Å². The Morgan fingerprint density at radius 3 is 2.68 bits per heavy atom. The molecule has 0 saturated heterocycles. The Bertz CT molecular complexity index is 1290. The van der Waals surface area contributed by atoms with Crippen LogP contribution in [0.15, 0.2) is 59.6 Å². The molecule has 9 heteroatoms. The van der Waals surface area contributed by atoms with E-state index in [0.29, 0.717) is 41.9 Å². The summed E-state index contributed by atoms with van der Waals surface area (Å²) in [6.07, 6.45) is 3.33. The van der Waals surface area contributed by atoms with Crippen molar-refractivity contribution in [3.05, 3.63) is 71.5 Å². The topological polar surface area (TPSA) is 117 Å². The maximum atomic E-state index is 12.9. The first-order chi connectivity index (χ1) is 14.7. The van der Waals surface area contributed by atoms with E-state index in [9.17, 15) is 23.1 Å². The molecule has 31 heavy (non-hydrogen) atoms. The van der Waals surface area contributed by atoms with Crippen molar-refractivity contribution in [3.63, 3.8) is 0 Å².